The highest BCUT2D eigenvalue weighted by atomic mass is 16.3. The molecule has 7 heteroatoms. The van der Waals surface area contributed by atoms with Gasteiger partial charge in [-0.05, 0) is 74.7 Å². The quantitative estimate of drug-likeness (QED) is 0.639. The molecule has 1 aliphatic rings. The fourth-order valence-corrected chi connectivity index (χ4v) is 4.56. The predicted molar refractivity (Wildman–Crippen MR) is 127 cm³/mol. The SMILES string of the molecule is CC1C(N(C)c2ccc(-c3cc(-c4ccnc(O)c4)ccc3O)nn2)CCN(C)C1(C)C. The number of benzene rings is 1. The number of aromatic hydroxyl groups is 2. The van der Waals surface area contributed by atoms with Crippen LogP contribution in [0.25, 0.3) is 22.4 Å². The lowest BCUT2D eigenvalue weighted by Crippen LogP contribution is -2.59. The van der Waals surface area contributed by atoms with Crippen molar-refractivity contribution in [2.75, 3.05) is 25.5 Å². The van der Waals surface area contributed by atoms with E-state index in [-0.39, 0.29) is 17.2 Å². The molecule has 2 unspecified atom stereocenters. The number of hydrogen-bond donors (Lipinski definition) is 2. The molecule has 0 saturated carbocycles. The Morgan fingerprint density at radius 2 is 1.78 bits per heavy atom. The molecular formula is C25H31N5O2. The number of rotatable bonds is 4. The average molecular weight is 434 g/mol. The molecule has 2 N–H and O–H groups in total. The highest BCUT2D eigenvalue weighted by Crippen LogP contribution is 2.36. The number of phenolic OH excluding ortho intramolecular Hbond substituents is 1. The Morgan fingerprint density at radius 1 is 1.03 bits per heavy atom. The Morgan fingerprint density at radius 3 is 2.47 bits per heavy atom. The van der Waals surface area contributed by atoms with Gasteiger partial charge in [-0.3, -0.25) is 0 Å². The van der Waals surface area contributed by atoms with Gasteiger partial charge >= 0.3 is 0 Å². The van der Waals surface area contributed by atoms with Gasteiger partial charge in [0.1, 0.15) is 5.75 Å². The van der Waals surface area contributed by atoms with Gasteiger partial charge < -0.3 is 20.0 Å². The monoisotopic (exact) mass is 433 g/mol. The first kappa shape index (κ1) is 22.0. The van der Waals surface area contributed by atoms with Gasteiger partial charge in [0, 0.05) is 43.0 Å². The van der Waals surface area contributed by atoms with E-state index >= 15 is 0 Å². The van der Waals surface area contributed by atoms with Crippen molar-refractivity contribution in [3.05, 3.63) is 48.7 Å². The van der Waals surface area contributed by atoms with E-state index in [1.165, 1.54) is 0 Å². The van der Waals surface area contributed by atoms with E-state index < -0.39 is 0 Å². The number of likely N-dealkylation sites (tertiary alicyclic amines) is 1. The molecule has 168 valence electrons. The standard InChI is InChI=1S/C25H31N5O2/c1-16-21(11-13-29(4)25(16,2)3)30(5)23-9-7-20(27-28-23)19-14-17(6-8-22(19)31)18-10-12-26-24(32)15-18/h6-10,12,14-16,21,31H,11,13H2,1-5H3,(H,26,32). The van der Waals surface area contributed by atoms with Gasteiger partial charge in [-0.15, -0.1) is 10.2 Å². The second-order valence-corrected chi connectivity index (χ2v) is 9.24. The molecular weight excluding hydrogens is 402 g/mol. The molecule has 2 atom stereocenters. The van der Waals surface area contributed by atoms with Crippen molar-refractivity contribution in [2.24, 2.45) is 5.92 Å². The van der Waals surface area contributed by atoms with E-state index in [9.17, 15) is 10.2 Å². The zero-order chi connectivity index (χ0) is 23.0. The summed E-state index contributed by atoms with van der Waals surface area (Å²) in [6.45, 7) is 7.94. The minimum atomic E-state index is -0.0457. The minimum absolute atomic E-state index is 0.0457. The Labute approximate surface area is 189 Å². The maximum Gasteiger partial charge on any atom is 0.211 e. The van der Waals surface area contributed by atoms with Crippen molar-refractivity contribution in [1.82, 2.24) is 20.1 Å². The van der Waals surface area contributed by atoms with Crippen molar-refractivity contribution in [3.63, 3.8) is 0 Å². The van der Waals surface area contributed by atoms with E-state index in [0.29, 0.717) is 23.2 Å². The summed E-state index contributed by atoms with van der Waals surface area (Å²) in [5.41, 5.74) is 2.95. The van der Waals surface area contributed by atoms with Gasteiger partial charge in [-0.2, -0.15) is 0 Å². The summed E-state index contributed by atoms with van der Waals surface area (Å²) < 4.78 is 0. The fourth-order valence-electron chi connectivity index (χ4n) is 4.56. The van der Waals surface area contributed by atoms with Crippen molar-refractivity contribution in [2.45, 2.75) is 38.8 Å². The summed E-state index contributed by atoms with van der Waals surface area (Å²) in [4.78, 5) is 8.48. The van der Waals surface area contributed by atoms with E-state index in [0.717, 1.165) is 29.9 Å². The van der Waals surface area contributed by atoms with Crippen LogP contribution in [0.2, 0.25) is 0 Å². The minimum Gasteiger partial charge on any atom is -0.507 e. The molecule has 1 saturated heterocycles. The summed E-state index contributed by atoms with van der Waals surface area (Å²) in [6.07, 6.45) is 2.62. The topological polar surface area (TPSA) is 85.6 Å². The summed E-state index contributed by atoms with van der Waals surface area (Å²) in [5.74, 6) is 1.37. The molecule has 0 amide bonds. The highest BCUT2D eigenvalue weighted by Gasteiger charge is 2.41. The number of nitrogens with zero attached hydrogens (tertiary/aromatic N) is 5. The van der Waals surface area contributed by atoms with Crippen molar-refractivity contribution >= 4 is 5.82 Å². The number of phenols is 1. The van der Waals surface area contributed by atoms with Crippen molar-refractivity contribution in [3.8, 4) is 34.0 Å². The molecule has 3 aromatic rings. The fraction of sp³-hybridized carbons (Fsp3) is 0.400. The van der Waals surface area contributed by atoms with E-state index in [1.54, 1.807) is 24.4 Å². The number of hydrogen-bond acceptors (Lipinski definition) is 7. The molecule has 7 nitrogen and oxygen atoms in total. The second kappa shape index (κ2) is 8.39. The van der Waals surface area contributed by atoms with Crippen LogP contribution in [0.15, 0.2) is 48.7 Å². The Balaban J connectivity index is 1.60. The van der Waals surface area contributed by atoms with E-state index in [4.69, 9.17) is 0 Å². The summed E-state index contributed by atoms with van der Waals surface area (Å²) in [6, 6.07) is 12.9. The first-order valence-corrected chi connectivity index (χ1v) is 10.9. The van der Waals surface area contributed by atoms with Gasteiger partial charge in [-0.1, -0.05) is 13.0 Å². The van der Waals surface area contributed by atoms with Gasteiger partial charge in [-0.25, -0.2) is 4.98 Å². The lowest BCUT2D eigenvalue weighted by molar-refractivity contribution is 0.0391. The molecule has 0 aliphatic carbocycles. The third-order valence-corrected chi connectivity index (χ3v) is 7.30. The predicted octanol–water partition coefficient (Wildman–Crippen LogP) is 4.17. The van der Waals surface area contributed by atoms with E-state index in [2.05, 4.69) is 59.8 Å². The molecule has 2 aromatic heterocycles. The van der Waals surface area contributed by atoms with Gasteiger partial charge in [0.05, 0.1) is 5.69 Å². The van der Waals surface area contributed by atoms with Crippen LogP contribution in [0.1, 0.15) is 27.2 Å². The number of piperidine rings is 1. The first-order valence-electron chi connectivity index (χ1n) is 10.9. The van der Waals surface area contributed by atoms with Crippen LogP contribution < -0.4 is 4.90 Å². The molecule has 3 heterocycles. The first-order chi connectivity index (χ1) is 15.2. The van der Waals surface area contributed by atoms with Crippen LogP contribution >= 0.6 is 0 Å². The zero-order valence-electron chi connectivity index (χ0n) is 19.3. The lowest BCUT2D eigenvalue weighted by Gasteiger charge is -2.51. The zero-order valence-corrected chi connectivity index (χ0v) is 19.3. The average Bonchev–Trinajstić information content (AvgIpc) is 2.78. The molecule has 32 heavy (non-hydrogen) atoms. The van der Waals surface area contributed by atoms with Crippen molar-refractivity contribution < 1.29 is 10.2 Å². The molecule has 0 spiro atoms. The smallest absolute Gasteiger partial charge is 0.211 e. The maximum absolute atomic E-state index is 10.4. The molecule has 1 aromatic carbocycles. The number of aromatic nitrogens is 3. The number of pyridine rings is 1. The highest BCUT2D eigenvalue weighted by molar-refractivity contribution is 5.76. The second-order valence-electron chi connectivity index (χ2n) is 9.24. The molecule has 4 rings (SSSR count). The molecule has 0 bridgehead atoms. The maximum atomic E-state index is 10.4. The van der Waals surface area contributed by atoms with Crippen LogP contribution in [0.4, 0.5) is 5.82 Å². The van der Waals surface area contributed by atoms with Crippen LogP contribution in [0.5, 0.6) is 11.6 Å². The third-order valence-electron chi connectivity index (χ3n) is 7.30. The largest absolute Gasteiger partial charge is 0.507 e. The van der Waals surface area contributed by atoms with Crippen molar-refractivity contribution in [1.29, 1.82) is 0 Å². The Bertz CT molecular complexity index is 1100. The van der Waals surface area contributed by atoms with E-state index in [1.807, 2.05) is 24.3 Å². The van der Waals surface area contributed by atoms with Gasteiger partial charge in [0.25, 0.3) is 0 Å². The lowest BCUT2D eigenvalue weighted by atomic mass is 9.77. The van der Waals surface area contributed by atoms with Gasteiger partial charge in [0.2, 0.25) is 5.88 Å². The summed E-state index contributed by atoms with van der Waals surface area (Å²) >= 11 is 0. The molecule has 1 aliphatic heterocycles. The van der Waals surface area contributed by atoms with Crippen LogP contribution in [-0.2, 0) is 0 Å². The Kier molecular flexibility index (Phi) is 5.77. The molecule has 0 radical (unpaired) electrons. The Hall–Kier alpha value is -3.19. The summed E-state index contributed by atoms with van der Waals surface area (Å²) in [7, 11) is 4.27. The van der Waals surface area contributed by atoms with Crippen LogP contribution in [0, 0.1) is 5.92 Å². The normalized spacial score (nSPS) is 20.8. The summed E-state index contributed by atoms with van der Waals surface area (Å²) in [5, 5.41) is 29.0. The van der Waals surface area contributed by atoms with Gasteiger partial charge in [0.15, 0.2) is 5.82 Å². The third kappa shape index (κ3) is 4.00. The molecule has 1 fully saturated rings. The number of anilines is 1. The van der Waals surface area contributed by atoms with Crippen LogP contribution in [0.3, 0.4) is 0 Å². The van der Waals surface area contributed by atoms with Crippen LogP contribution in [-0.4, -0.2) is 62.5 Å².